The lowest BCUT2D eigenvalue weighted by Crippen LogP contribution is -2.52. The van der Waals surface area contributed by atoms with Crippen LogP contribution in [0, 0.1) is 0 Å². The van der Waals surface area contributed by atoms with Gasteiger partial charge in [0.15, 0.2) is 22.4 Å². The maximum atomic E-state index is 13.3. The molecule has 4 heterocycles. The summed E-state index contributed by atoms with van der Waals surface area (Å²) in [6.45, 7) is 4.25. The molecule has 0 saturated carbocycles. The molecule has 1 amide bonds. The average molecular weight is 501 g/mol. The Morgan fingerprint density at radius 2 is 1.81 bits per heavy atom. The number of rotatable bonds is 4. The molecule has 0 radical (unpaired) electrons. The Kier molecular flexibility index (Phi) is 6.00. The van der Waals surface area contributed by atoms with Crippen molar-refractivity contribution in [2.75, 3.05) is 33.0 Å². The first kappa shape index (κ1) is 22.5. The normalized spacial score (nSPS) is 15.3. The molecule has 182 valence electrons. The molecule has 2 aliphatic heterocycles. The number of amides is 1. The first-order valence-corrected chi connectivity index (χ1v) is 12.2. The Bertz CT molecular complexity index is 1430. The van der Waals surface area contributed by atoms with Crippen molar-refractivity contribution in [1.82, 2.24) is 20.1 Å². The third-order valence-corrected chi connectivity index (χ3v) is 6.82. The van der Waals surface area contributed by atoms with Gasteiger partial charge in [-0.3, -0.25) is 15.0 Å². The van der Waals surface area contributed by atoms with Gasteiger partial charge in [0, 0.05) is 38.1 Å². The van der Waals surface area contributed by atoms with Gasteiger partial charge in [-0.1, -0.05) is 24.3 Å². The highest BCUT2D eigenvalue weighted by molar-refractivity contribution is 7.80. The number of nitrogens with zero attached hydrogens (tertiary/aromatic N) is 3. The molecule has 8 nitrogen and oxygen atoms in total. The van der Waals surface area contributed by atoms with Crippen LogP contribution in [0.2, 0.25) is 0 Å². The number of thiocarbonyl (C=S) groups is 1. The number of fused-ring (bicyclic) bond motifs is 2. The van der Waals surface area contributed by atoms with Crippen LogP contribution in [0.25, 0.3) is 22.4 Å². The maximum absolute atomic E-state index is 13.3. The van der Waals surface area contributed by atoms with E-state index in [1.165, 1.54) is 5.56 Å². The SMILES string of the molecule is O=C(NC(=S)N1CCN(Cc2ccc3c(c2)OCO3)CC1)c1cc(-c2ccco2)nc2ccccc12. The highest BCUT2D eigenvalue weighted by Crippen LogP contribution is 2.33. The number of carbonyl (C=O) groups is 1. The van der Waals surface area contributed by atoms with E-state index in [4.69, 9.17) is 26.1 Å². The Balaban J connectivity index is 1.11. The van der Waals surface area contributed by atoms with Crippen LogP contribution in [0.5, 0.6) is 11.5 Å². The van der Waals surface area contributed by atoms with Crippen molar-refractivity contribution in [2.24, 2.45) is 0 Å². The van der Waals surface area contributed by atoms with E-state index < -0.39 is 0 Å². The van der Waals surface area contributed by atoms with Crippen LogP contribution in [0.4, 0.5) is 0 Å². The lowest BCUT2D eigenvalue weighted by Gasteiger charge is -2.36. The molecule has 0 bridgehead atoms. The second-order valence-corrected chi connectivity index (χ2v) is 9.15. The van der Waals surface area contributed by atoms with E-state index in [-0.39, 0.29) is 12.7 Å². The van der Waals surface area contributed by atoms with Crippen molar-refractivity contribution in [2.45, 2.75) is 6.54 Å². The van der Waals surface area contributed by atoms with E-state index in [1.54, 1.807) is 18.4 Å². The molecule has 9 heteroatoms. The van der Waals surface area contributed by atoms with Gasteiger partial charge in [-0.05, 0) is 54.2 Å². The van der Waals surface area contributed by atoms with Gasteiger partial charge in [-0.15, -0.1) is 0 Å². The van der Waals surface area contributed by atoms with E-state index in [0.717, 1.165) is 55.1 Å². The van der Waals surface area contributed by atoms with E-state index in [9.17, 15) is 4.79 Å². The molecule has 2 aliphatic rings. The van der Waals surface area contributed by atoms with Gasteiger partial charge in [-0.25, -0.2) is 4.98 Å². The summed E-state index contributed by atoms with van der Waals surface area (Å²) >= 11 is 5.62. The summed E-state index contributed by atoms with van der Waals surface area (Å²) in [7, 11) is 0. The third-order valence-electron chi connectivity index (χ3n) is 6.46. The molecular formula is C27H24N4O4S. The van der Waals surface area contributed by atoms with E-state index >= 15 is 0 Å². The largest absolute Gasteiger partial charge is 0.463 e. The minimum Gasteiger partial charge on any atom is -0.463 e. The average Bonchev–Trinajstić information content (AvgIpc) is 3.61. The van der Waals surface area contributed by atoms with Gasteiger partial charge in [0.05, 0.1) is 17.3 Å². The van der Waals surface area contributed by atoms with Crippen molar-refractivity contribution in [3.8, 4) is 23.0 Å². The molecule has 6 rings (SSSR count). The summed E-state index contributed by atoms with van der Waals surface area (Å²) in [5, 5.41) is 4.13. The number of pyridine rings is 1. The van der Waals surface area contributed by atoms with Crippen molar-refractivity contribution in [1.29, 1.82) is 0 Å². The number of hydrogen-bond acceptors (Lipinski definition) is 7. The van der Waals surface area contributed by atoms with Crippen LogP contribution >= 0.6 is 12.2 Å². The lowest BCUT2D eigenvalue weighted by molar-refractivity contribution is 0.0970. The molecule has 0 atom stereocenters. The van der Waals surface area contributed by atoms with Crippen LogP contribution in [0.3, 0.4) is 0 Å². The van der Waals surface area contributed by atoms with Gasteiger partial charge in [0.2, 0.25) is 6.79 Å². The molecule has 0 aliphatic carbocycles. The molecule has 1 saturated heterocycles. The summed E-state index contributed by atoms with van der Waals surface area (Å²) in [6.07, 6.45) is 1.59. The van der Waals surface area contributed by atoms with Gasteiger partial charge in [0.1, 0.15) is 5.69 Å². The molecule has 2 aromatic carbocycles. The molecule has 0 unspecified atom stereocenters. The number of carbonyl (C=O) groups excluding carboxylic acids is 1. The fourth-order valence-electron chi connectivity index (χ4n) is 4.56. The minimum atomic E-state index is -0.255. The number of piperazine rings is 1. The molecule has 2 aromatic heterocycles. The third kappa shape index (κ3) is 4.50. The monoisotopic (exact) mass is 500 g/mol. The number of aromatic nitrogens is 1. The van der Waals surface area contributed by atoms with Gasteiger partial charge < -0.3 is 18.8 Å². The molecule has 0 spiro atoms. The van der Waals surface area contributed by atoms with Crippen molar-refractivity contribution in [3.63, 3.8) is 0 Å². The first-order chi connectivity index (χ1) is 17.6. The quantitative estimate of drug-likeness (QED) is 0.421. The van der Waals surface area contributed by atoms with E-state index in [2.05, 4.69) is 21.3 Å². The number of para-hydroxylation sites is 1. The number of benzene rings is 2. The Morgan fingerprint density at radius 3 is 2.64 bits per heavy atom. The zero-order chi connectivity index (χ0) is 24.5. The number of hydrogen-bond donors (Lipinski definition) is 1. The summed E-state index contributed by atoms with van der Waals surface area (Å²) in [6, 6.07) is 19.0. The standard InChI is InChI=1S/C27H24N4O4S/c32-26(20-15-22(23-6-3-13-33-23)28-21-5-2-1-4-19(20)21)29-27(36)31-11-9-30(10-12-31)16-18-7-8-24-25(14-18)35-17-34-24/h1-8,13-15H,9-12,16-17H2,(H,29,32,36). The number of furan rings is 1. The molecular weight excluding hydrogens is 476 g/mol. The van der Waals surface area contributed by atoms with Crippen molar-refractivity contribution in [3.05, 3.63) is 78.1 Å². The predicted molar refractivity (Wildman–Crippen MR) is 139 cm³/mol. The Morgan fingerprint density at radius 1 is 0.972 bits per heavy atom. The summed E-state index contributed by atoms with van der Waals surface area (Å²) in [5.41, 5.74) is 3.02. The minimum absolute atomic E-state index is 0.255. The molecule has 4 aromatic rings. The van der Waals surface area contributed by atoms with Gasteiger partial charge in [0.25, 0.3) is 5.91 Å². The van der Waals surface area contributed by atoms with Crippen LogP contribution in [0.15, 0.2) is 71.3 Å². The molecule has 36 heavy (non-hydrogen) atoms. The fourth-order valence-corrected chi connectivity index (χ4v) is 4.84. The molecule has 1 fully saturated rings. The zero-order valence-electron chi connectivity index (χ0n) is 19.5. The summed E-state index contributed by atoms with van der Waals surface area (Å²) < 4.78 is 16.4. The van der Waals surface area contributed by atoms with Crippen molar-refractivity contribution < 1.29 is 18.7 Å². The molecule has 1 N–H and O–H groups in total. The van der Waals surface area contributed by atoms with Gasteiger partial charge >= 0.3 is 0 Å². The highest BCUT2D eigenvalue weighted by Gasteiger charge is 2.23. The number of nitrogens with one attached hydrogen (secondary N) is 1. The maximum Gasteiger partial charge on any atom is 0.258 e. The Labute approximate surface area is 213 Å². The fraction of sp³-hybridized carbons (Fsp3) is 0.222. The predicted octanol–water partition coefficient (Wildman–Crippen LogP) is 4.06. The second-order valence-electron chi connectivity index (χ2n) is 8.76. The van der Waals surface area contributed by atoms with Crippen LogP contribution in [-0.4, -0.2) is 58.8 Å². The van der Waals surface area contributed by atoms with Crippen molar-refractivity contribution >= 4 is 34.1 Å². The smallest absolute Gasteiger partial charge is 0.258 e. The first-order valence-electron chi connectivity index (χ1n) is 11.8. The van der Waals surface area contributed by atoms with Crippen LogP contribution < -0.4 is 14.8 Å². The summed E-state index contributed by atoms with van der Waals surface area (Å²) in [4.78, 5) is 22.4. The summed E-state index contributed by atoms with van der Waals surface area (Å²) in [5.74, 6) is 1.95. The topological polar surface area (TPSA) is 80.1 Å². The van der Waals surface area contributed by atoms with Crippen LogP contribution in [0.1, 0.15) is 15.9 Å². The highest BCUT2D eigenvalue weighted by atomic mass is 32.1. The van der Waals surface area contributed by atoms with E-state index in [1.807, 2.05) is 47.4 Å². The number of ether oxygens (including phenoxy) is 2. The van der Waals surface area contributed by atoms with E-state index in [0.29, 0.717) is 22.1 Å². The lowest BCUT2D eigenvalue weighted by atomic mass is 10.1. The van der Waals surface area contributed by atoms with Crippen LogP contribution in [-0.2, 0) is 6.54 Å². The van der Waals surface area contributed by atoms with Gasteiger partial charge in [-0.2, -0.15) is 0 Å². The Hall–Kier alpha value is -3.95. The second kappa shape index (κ2) is 9.60. The zero-order valence-corrected chi connectivity index (χ0v) is 20.3.